The Morgan fingerprint density at radius 2 is 1.95 bits per heavy atom. The summed E-state index contributed by atoms with van der Waals surface area (Å²) in [6, 6.07) is 0.943. The maximum absolute atomic E-state index is 12.3. The number of nitrogens with zero attached hydrogens (tertiary/aromatic N) is 2. The second kappa shape index (κ2) is 6.65. The molecule has 1 aromatic heterocycles. The molecule has 0 spiro atoms. The van der Waals surface area contributed by atoms with E-state index >= 15 is 0 Å². The SMILES string of the molecule is CCc1nnc(C)cc1C(=O)N[C@H](C)C(=O)OC(C)(C)C. The van der Waals surface area contributed by atoms with Crippen LogP contribution in [0.2, 0.25) is 0 Å². The van der Waals surface area contributed by atoms with Crippen molar-refractivity contribution >= 4 is 11.9 Å². The molecule has 21 heavy (non-hydrogen) atoms. The predicted molar refractivity (Wildman–Crippen MR) is 78.9 cm³/mol. The molecule has 0 radical (unpaired) electrons. The molecule has 1 amide bonds. The van der Waals surface area contributed by atoms with Gasteiger partial charge in [-0.3, -0.25) is 4.79 Å². The lowest BCUT2D eigenvalue weighted by atomic mass is 10.1. The largest absolute Gasteiger partial charge is 0.458 e. The first-order valence-corrected chi connectivity index (χ1v) is 7.01. The first-order valence-electron chi connectivity index (χ1n) is 7.01. The number of rotatable bonds is 4. The molecular weight excluding hydrogens is 270 g/mol. The molecular formula is C15H23N3O3. The number of carbonyl (C=O) groups is 2. The zero-order chi connectivity index (χ0) is 16.2. The summed E-state index contributed by atoms with van der Waals surface area (Å²) in [4.78, 5) is 24.2. The summed E-state index contributed by atoms with van der Waals surface area (Å²) in [5.74, 6) is -0.809. The van der Waals surface area contributed by atoms with Crippen molar-refractivity contribution in [2.75, 3.05) is 0 Å². The Bertz CT molecular complexity index is 535. The van der Waals surface area contributed by atoms with Gasteiger partial charge in [0.15, 0.2) is 0 Å². The fourth-order valence-corrected chi connectivity index (χ4v) is 1.70. The average Bonchev–Trinajstić information content (AvgIpc) is 2.36. The molecule has 0 aliphatic carbocycles. The first-order chi connectivity index (χ1) is 9.64. The van der Waals surface area contributed by atoms with Gasteiger partial charge in [-0.15, -0.1) is 0 Å². The maximum atomic E-state index is 12.3. The van der Waals surface area contributed by atoms with Gasteiger partial charge in [0.05, 0.1) is 17.0 Å². The summed E-state index contributed by atoms with van der Waals surface area (Å²) in [6.45, 7) is 10.6. The van der Waals surface area contributed by atoms with Crippen molar-refractivity contribution in [3.8, 4) is 0 Å². The number of esters is 1. The van der Waals surface area contributed by atoms with Gasteiger partial charge in [-0.25, -0.2) is 4.79 Å². The zero-order valence-corrected chi connectivity index (χ0v) is 13.5. The Balaban J connectivity index is 2.81. The number of hydrogen-bond donors (Lipinski definition) is 1. The summed E-state index contributed by atoms with van der Waals surface area (Å²) < 4.78 is 5.23. The van der Waals surface area contributed by atoms with Crippen LogP contribution in [0.1, 0.15) is 56.4 Å². The van der Waals surface area contributed by atoms with Crippen molar-refractivity contribution in [1.82, 2.24) is 15.5 Å². The normalized spacial score (nSPS) is 12.7. The minimum atomic E-state index is -0.727. The van der Waals surface area contributed by atoms with E-state index in [4.69, 9.17) is 4.74 Å². The lowest BCUT2D eigenvalue weighted by Gasteiger charge is -2.22. The number of nitrogens with one attached hydrogen (secondary N) is 1. The fraction of sp³-hybridized carbons (Fsp3) is 0.600. The van der Waals surface area contributed by atoms with Crippen LogP contribution in [0.4, 0.5) is 0 Å². The van der Waals surface area contributed by atoms with Gasteiger partial charge in [0.1, 0.15) is 11.6 Å². The number of aromatic nitrogens is 2. The second-order valence-corrected chi connectivity index (χ2v) is 5.93. The van der Waals surface area contributed by atoms with Crippen molar-refractivity contribution in [2.24, 2.45) is 0 Å². The van der Waals surface area contributed by atoms with Crippen molar-refractivity contribution in [1.29, 1.82) is 0 Å². The molecule has 0 saturated heterocycles. The Morgan fingerprint density at radius 3 is 2.48 bits per heavy atom. The van der Waals surface area contributed by atoms with Crippen LogP contribution in [-0.2, 0) is 16.0 Å². The molecule has 0 fully saturated rings. The van der Waals surface area contributed by atoms with Crippen molar-refractivity contribution in [3.63, 3.8) is 0 Å². The van der Waals surface area contributed by atoms with Crippen LogP contribution in [-0.4, -0.2) is 33.7 Å². The van der Waals surface area contributed by atoms with E-state index in [2.05, 4.69) is 15.5 Å². The summed E-state index contributed by atoms with van der Waals surface area (Å²) in [5, 5.41) is 10.6. The lowest BCUT2D eigenvalue weighted by molar-refractivity contribution is -0.156. The van der Waals surface area contributed by atoms with E-state index in [1.807, 2.05) is 6.92 Å². The summed E-state index contributed by atoms with van der Waals surface area (Å²) in [6.07, 6.45) is 0.594. The van der Waals surface area contributed by atoms with Gasteiger partial charge in [-0.1, -0.05) is 6.92 Å². The first kappa shape index (κ1) is 17.1. The third kappa shape index (κ3) is 5.13. The molecule has 1 atom stereocenters. The topological polar surface area (TPSA) is 81.2 Å². The highest BCUT2D eigenvalue weighted by molar-refractivity contribution is 5.97. The average molecular weight is 293 g/mol. The minimum Gasteiger partial charge on any atom is -0.458 e. The standard InChI is InChI=1S/C15H23N3O3/c1-7-12-11(8-9(2)17-18-12)13(19)16-10(3)14(20)21-15(4,5)6/h8,10H,7H2,1-6H3,(H,16,19)/t10-/m1/s1. The van der Waals surface area contributed by atoms with Crippen molar-refractivity contribution in [2.45, 2.75) is 59.6 Å². The van der Waals surface area contributed by atoms with E-state index in [9.17, 15) is 9.59 Å². The van der Waals surface area contributed by atoms with E-state index in [1.165, 1.54) is 0 Å². The van der Waals surface area contributed by atoms with Crippen molar-refractivity contribution < 1.29 is 14.3 Å². The highest BCUT2D eigenvalue weighted by Crippen LogP contribution is 2.10. The summed E-state index contributed by atoms with van der Waals surface area (Å²) in [7, 11) is 0. The predicted octanol–water partition coefficient (Wildman–Crippen LogP) is 1.81. The number of ether oxygens (including phenoxy) is 1. The molecule has 0 aliphatic rings. The summed E-state index contributed by atoms with van der Waals surface area (Å²) in [5.41, 5.74) is 1.12. The number of carbonyl (C=O) groups excluding carboxylic acids is 2. The maximum Gasteiger partial charge on any atom is 0.328 e. The fourth-order valence-electron chi connectivity index (χ4n) is 1.70. The molecule has 116 valence electrons. The van der Waals surface area contributed by atoms with E-state index < -0.39 is 17.6 Å². The van der Waals surface area contributed by atoms with Gasteiger partial charge in [0.25, 0.3) is 5.91 Å². The Morgan fingerprint density at radius 1 is 1.33 bits per heavy atom. The molecule has 0 aliphatic heterocycles. The number of aryl methyl sites for hydroxylation is 2. The number of hydrogen-bond acceptors (Lipinski definition) is 5. The second-order valence-electron chi connectivity index (χ2n) is 5.93. The lowest BCUT2D eigenvalue weighted by Crippen LogP contribution is -2.42. The van der Waals surface area contributed by atoms with E-state index in [0.29, 0.717) is 23.4 Å². The van der Waals surface area contributed by atoms with Gasteiger partial charge in [-0.2, -0.15) is 10.2 Å². The molecule has 1 heterocycles. The highest BCUT2D eigenvalue weighted by Gasteiger charge is 2.24. The molecule has 1 aromatic rings. The van der Waals surface area contributed by atoms with Crippen LogP contribution in [0.5, 0.6) is 0 Å². The van der Waals surface area contributed by atoms with E-state index in [0.717, 1.165) is 0 Å². The molecule has 0 saturated carbocycles. The minimum absolute atomic E-state index is 0.344. The van der Waals surface area contributed by atoms with Gasteiger partial charge in [-0.05, 0) is 47.1 Å². The van der Waals surface area contributed by atoms with Crippen molar-refractivity contribution in [3.05, 3.63) is 23.0 Å². The van der Waals surface area contributed by atoms with Gasteiger partial charge >= 0.3 is 5.97 Å². The third-order valence-electron chi connectivity index (χ3n) is 2.68. The molecule has 6 heteroatoms. The van der Waals surface area contributed by atoms with Gasteiger partial charge < -0.3 is 10.1 Å². The quantitative estimate of drug-likeness (QED) is 0.856. The molecule has 6 nitrogen and oxygen atoms in total. The molecule has 0 unspecified atom stereocenters. The highest BCUT2D eigenvalue weighted by atomic mass is 16.6. The van der Waals surface area contributed by atoms with Gasteiger partial charge in [0, 0.05) is 0 Å². The zero-order valence-electron chi connectivity index (χ0n) is 13.5. The smallest absolute Gasteiger partial charge is 0.328 e. The molecule has 1 rings (SSSR count). The van der Waals surface area contributed by atoms with Gasteiger partial charge in [0.2, 0.25) is 0 Å². The summed E-state index contributed by atoms with van der Waals surface area (Å²) >= 11 is 0. The Kier molecular flexibility index (Phi) is 5.41. The molecule has 1 N–H and O–H groups in total. The van der Waals surface area contributed by atoms with Crippen LogP contribution in [0.25, 0.3) is 0 Å². The van der Waals surface area contributed by atoms with Crippen LogP contribution in [0.15, 0.2) is 6.07 Å². The van der Waals surface area contributed by atoms with Crippen LogP contribution >= 0.6 is 0 Å². The van der Waals surface area contributed by atoms with Crippen LogP contribution < -0.4 is 5.32 Å². The Labute approximate surface area is 125 Å². The van der Waals surface area contributed by atoms with Crippen LogP contribution in [0.3, 0.4) is 0 Å². The van der Waals surface area contributed by atoms with E-state index in [-0.39, 0.29) is 5.91 Å². The van der Waals surface area contributed by atoms with E-state index in [1.54, 1.807) is 40.7 Å². The molecule has 0 bridgehead atoms. The monoisotopic (exact) mass is 293 g/mol. The Hall–Kier alpha value is -1.98. The third-order valence-corrected chi connectivity index (χ3v) is 2.68. The van der Waals surface area contributed by atoms with Crippen LogP contribution in [0, 0.1) is 6.92 Å². The number of amides is 1. The molecule has 0 aromatic carbocycles.